The minimum atomic E-state index is -4.43. The van der Waals surface area contributed by atoms with Gasteiger partial charge in [-0.1, -0.05) is 0 Å². The number of aryl methyl sites for hydroxylation is 1. The second-order valence-corrected chi connectivity index (χ2v) is 5.50. The third-order valence-corrected chi connectivity index (χ3v) is 4.02. The number of alkyl halides is 3. The first-order valence-electron chi connectivity index (χ1n) is 6.08. The fraction of sp³-hybridized carbons (Fsp3) is 0.143. The number of nitrogens with zero attached hydrogens (tertiary/aromatic N) is 2. The van der Waals surface area contributed by atoms with Crippen molar-refractivity contribution >= 4 is 11.3 Å². The van der Waals surface area contributed by atoms with Crippen LogP contribution in [-0.4, -0.2) is 15.2 Å². The molecule has 3 aromatic rings. The molecular weight excluding hydrogens is 299 g/mol. The molecule has 0 bridgehead atoms. The van der Waals surface area contributed by atoms with Crippen molar-refractivity contribution < 1.29 is 13.2 Å². The molecule has 7 heteroatoms. The SMILES string of the molecule is Cc1csc(-c2ccc(-c3cc(C(F)(F)F)[nH]n3)nc2)c1. The Labute approximate surface area is 122 Å². The van der Waals surface area contributed by atoms with E-state index in [0.29, 0.717) is 5.69 Å². The van der Waals surface area contributed by atoms with Crippen LogP contribution in [0.25, 0.3) is 21.8 Å². The zero-order chi connectivity index (χ0) is 15.0. The molecule has 108 valence electrons. The average Bonchev–Trinajstić information content (AvgIpc) is 3.07. The maximum atomic E-state index is 12.5. The predicted molar refractivity (Wildman–Crippen MR) is 74.9 cm³/mol. The third-order valence-electron chi connectivity index (χ3n) is 2.92. The quantitative estimate of drug-likeness (QED) is 0.756. The summed E-state index contributed by atoms with van der Waals surface area (Å²) < 4.78 is 37.5. The minimum Gasteiger partial charge on any atom is -0.273 e. The molecule has 0 saturated heterocycles. The molecule has 0 spiro atoms. The van der Waals surface area contributed by atoms with Gasteiger partial charge >= 0.3 is 6.18 Å². The van der Waals surface area contributed by atoms with E-state index in [-0.39, 0.29) is 5.69 Å². The summed E-state index contributed by atoms with van der Waals surface area (Å²) in [6.45, 7) is 2.00. The lowest BCUT2D eigenvalue weighted by Crippen LogP contribution is -2.04. The molecule has 0 aliphatic carbocycles. The average molecular weight is 309 g/mol. The van der Waals surface area contributed by atoms with E-state index in [0.717, 1.165) is 16.5 Å². The third kappa shape index (κ3) is 2.82. The minimum absolute atomic E-state index is 0.177. The van der Waals surface area contributed by atoms with E-state index in [9.17, 15) is 13.2 Å². The fourth-order valence-electron chi connectivity index (χ4n) is 1.87. The second kappa shape index (κ2) is 5.00. The van der Waals surface area contributed by atoms with Gasteiger partial charge in [-0.25, -0.2) is 0 Å². The number of hydrogen-bond donors (Lipinski definition) is 1. The van der Waals surface area contributed by atoms with Crippen LogP contribution in [-0.2, 0) is 6.18 Å². The van der Waals surface area contributed by atoms with Gasteiger partial charge in [0.1, 0.15) is 11.4 Å². The zero-order valence-electron chi connectivity index (χ0n) is 10.9. The van der Waals surface area contributed by atoms with Gasteiger partial charge in [-0.15, -0.1) is 11.3 Å². The van der Waals surface area contributed by atoms with E-state index < -0.39 is 11.9 Å². The molecule has 21 heavy (non-hydrogen) atoms. The summed E-state index contributed by atoms with van der Waals surface area (Å²) in [5.74, 6) is 0. The lowest BCUT2D eigenvalue weighted by atomic mass is 10.2. The maximum absolute atomic E-state index is 12.5. The summed E-state index contributed by atoms with van der Waals surface area (Å²) in [5, 5.41) is 7.67. The van der Waals surface area contributed by atoms with E-state index in [1.165, 1.54) is 5.56 Å². The van der Waals surface area contributed by atoms with Crippen molar-refractivity contribution in [2.75, 3.05) is 0 Å². The molecule has 0 radical (unpaired) electrons. The van der Waals surface area contributed by atoms with E-state index >= 15 is 0 Å². The van der Waals surface area contributed by atoms with E-state index in [2.05, 4.69) is 10.1 Å². The summed E-state index contributed by atoms with van der Waals surface area (Å²) in [6.07, 6.45) is -2.79. The zero-order valence-corrected chi connectivity index (χ0v) is 11.7. The first-order valence-corrected chi connectivity index (χ1v) is 6.96. The topological polar surface area (TPSA) is 41.6 Å². The van der Waals surface area contributed by atoms with Crippen LogP contribution < -0.4 is 0 Å². The van der Waals surface area contributed by atoms with Crippen molar-refractivity contribution in [1.82, 2.24) is 15.2 Å². The van der Waals surface area contributed by atoms with Crippen molar-refractivity contribution in [2.45, 2.75) is 13.1 Å². The van der Waals surface area contributed by atoms with Gasteiger partial charge in [0.25, 0.3) is 0 Å². The Kier molecular flexibility index (Phi) is 3.29. The number of halogens is 3. The first-order chi connectivity index (χ1) is 9.93. The Bertz CT molecular complexity index is 756. The number of thiophene rings is 1. The fourth-order valence-corrected chi connectivity index (χ4v) is 2.76. The molecule has 3 heterocycles. The number of aromatic amines is 1. The number of aromatic nitrogens is 3. The molecule has 0 aliphatic rings. The van der Waals surface area contributed by atoms with Crippen molar-refractivity contribution in [3.63, 3.8) is 0 Å². The highest BCUT2D eigenvalue weighted by atomic mass is 32.1. The number of nitrogens with one attached hydrogen (secondary N) is 1. The predicted octanol–water partition coefficient (Wildman–Crippen LogP) is 4.53. The van der Waals surface area contributed by atoms with Gasteiger partial charge in [0.05, 0.1) is 5.69 Å². The van der Waals surface area contributed by atoms with Crippen molar-refractivity contribution in [1.29, 1.82) is 0 Å². The van der Waals surface area contributed by atoms with Crippen LogP contribution in [0.1, 0.15) is 11.3 Å². The van der Waals surface area contributed by atoms with E-state index in [1.807, 2.05) is 29.5 Å². The Morgan fingerprint density at radius 1 is 1.14 bits per heavy atom. The first kappa shape index (κ1) is 13.8. The summed E-state index contributed by atoms with van der Waals surface area (Å²) in [5.41, 5.74) is 1.80. The molecule has 0 aromatic carbocycles. The highest BCUT2D eigenvalue weighted by molar-refractivity contribution is 7.13. The van der Waals surface area contributed by atoms with Crippen LogP contribution in [0.15, 0.2) is 35.8 Å². The van der Waals surface area contributed by atoms with Gasteiger partial charge in [-0.2, -0.15) is 18.3 Å². The van der Waals surface area contributed by atoms with Gasteiger partial charge in [0.2, 0.25) is 0 Å². The summed E-state index contributed by atoms with van der Waals surface area (Å²) in [6, 6.07) is 6.49. The van der Waals surface area contributed by atoms with Crippen molar-refractivity contribution in [3.05, 3.63) is 47.1 Å². The molecule has 0 amide bonds. The standard InChI is InChI=1S/C14H10F3N3S/c1-8-4-12(21-7-8)9-2-3-10(18-6-9)11-5-13(20-19-11)14(15,16)17/h2-7H,1H3,(H,19,20). The monoisotopic (exact) mass is 309 g/mol. The highest BCUT2D eigenvalue weighted by Gasteiger charge is 2.33. The molecule has 3 nitrogen and oxygen atoms in total. The van der Waals surface area contributed by atoms with Crippen LogP contribution in [0.2, 0.25) is 0 Å². The van der Waals surface area contributed by atoms with Crippen LogP contribution in [0.3, 0.4) is 0 Å². The van der Waals surface area contributed by atoms with Crippen LogP contribution in [0.5, 0.6) is 0 Å². The Balaban J connectivity index is 1.89. The smallest absolute Gasteiger partial charge is 0.273 e. The molecule has 1 N–H and O–H groups in total. The Morgan fingerprint density at radius 2 is 1.95 bits per heavy atom. The number of rotatable bonds is 2. The molecule has 3 aromatic heterocycles. The molecule has 0 atom stereocenters. The van der Waals surface area contributed by atoms with Crippen LogP contribution in [0.4, 0.5) is 13.2 Å². The Hall–Kier alpha value is -2.15. The largest absolute Gasteiger partial charge is 0.432 e. The van der Waals surface area contributed by atoms with Gasteiger partial charge in [-0.05, 0) is 42.1 Å². The van der Waals surface area contributed by atoms with Crippen LogP contribution >= 0.6 is 11.3 Å². The van der Waals surface area contributed by atoms with Gasteiger partial charge in [0, 0.05) is 16.6 Å². The highest BCUT2D eigenvalue weighted by Crippen LogP contribution is 2.31. The van der Waals surface area contributed by atoms with Crippen molar-refractivity contribution in [2.24, 2.45) is 0 Å². The van der Waals surface area contributed by atoms with Crippen molar-refractivity contribution in [3.8, 4) is 21.8 Å². The molecule has 0 unspecified atom stereocenters. The van der Waals surface area contributed by atoms with Gasteiger partial charge < -0.3 is 0 Å². The molecule has 0 saturated carbocycles. The normalized spacial score (nSPS) is 11.8. The summed E-state index contributed by atoms with van der Waals surface area (Å²) >= 11 is 1.60. The molecule has 0 fully saturated rings. The lowest BCUT2D eigenvalue weighted by Gasteiger charge is -2.00. The molecular formula is C14H10F3N3S. The molecule has 3 rings (SSSR count). The second-order valence-electron chi connectivity index (χ2n) is 4.59. The van der Waals surface area contributed by atoms with Crippen LogP contribution in [0, 0.1) is 6.92 Å². The Morgan fingerprint density at radius 3 is 2.48 bits per heavy atom. The van der Waals surface area contributed by atoms with Gasteiger partial charge in [-0.3, -0.25) is 10.1 Å². The maximum Gasteiger partial charge on any atom is 0.432 e. The summed E-state index contributed by atoms with van der Waals surface area (Å²) in [7, 11) is 0. The van der Waals surface area contributed by atoms with Gasteiger partial charge in [0.15, 0.2) is 0 Å². The lowest BCUT2D eigenvalue weighted by molar-refractivity contribution is -0.141. The van der Waals surface area contributed by atoms with E-state index in [1.54, 1.807) is 23.6 Å². The molecule has 0 aliphatic heterocycles. The number of pyridine rings is 1. The number of H-pyrrole nitrogens is 1. The summed E-state index contributed by atoms with van der Waals surface area (Å²) in [4.78, 5) is 5.26. The van der Waals surface area contributed by atoms with E-state index in [4.69, 9.17) is 0 Å². The number of hydrogen-bond acceptors (Lipinski definition) is 3.